The zero-order chi connectivity index (χ0) is 16.2. The summed E-state index contributed by atoms with van der Waals surface area (Å²) in [5.74, 6) is 0.432. The fourth-order valence-electron chi connectivity index (χ4n) is 2.28. The maximum atomic E-state index is 11.9. The lowest BCUT2D eigenvalue weighted by Crippen LogP contribution is -2.16. The van der Waals surface area contributed by atoms with Crippen molar-refractivity contribution in [3.8, 4) is 5.75 Å². The Morgan fingerprint density at radius 2 is 1.82 bits per heavy atom. The highest BCUT2D eigenvalue weighted by molar-refractivity contribution is 7.89. The first-order valence-electron chi connectivity index (χ1n) is 6.92. The van der Waals surface area contributed by atoms with Gasteiger partial charge < -0.3 is 9.84 Å². The first-order valence-corrected chi connectivity index (χ1v) is 8.46. The van der Waals surface area contributed by atoms with Crippen molar-refractivity contribution in [1.82, 2.24) is 0 Å². The van der Waals surface area contributed by atoms with Gasteiger partial charge in [-0.15, -0.1) is 0 Å². The Kier molecular flexibility index (Phi) is 5.18. The first kappa shape index (κ1) is 16.5. The Labute approximate surface area is 130 Å². The third-order valence-electron chi connectivity index (χ3n) is 3.24. The van der Waals surface area contributed by atoms with Crippen LogP contribution in [-0.2, 0) is 23.1 Å². The summed E-state index contributed by atoms with van der Waals surface area (Å²) in [7, 11) is -3.92. The highest BCUT2D eigenvalue weighted by atomic mass is 32.2. The van der Waals surface area contributed by atoms with Gasteiger partial charge in [0, 0.05) is 12.0 Å². The zero-order valence-corrected chi connectivity index (χ0v) is 13.1. The number of nitrogens with two attached hydrogens (primary N) is 1. The van der Waals surface area contributed by atoms with E-state index in [1.807, 2.05) is 37.3 Å². The van der Waals surface area contributed by atoms with Crippen LogP contribution >= 0.6 is 0 Å². The van der Waals surface area contributed by atoms with E-state index in [-0.39, 0.29) is 11.5 Å². The maximum absolute atomic E-state index is 11.9. The molecule has 6 heteroatoms. The first-order chi connectivity index (χ1) is 10.5. The molecule has 0 fully saturated rings. The second kappa shape index (κ2) is 6.91. The van der Waals surface area contributed by atoms with Crippen LogP contribution in [0.1, 0.15) is 23.6 Å². The fraction of sp³-hybridized carbons (Fsp3) is 0.250. The molecule has 0 heterocycles. The number of benzene rings is 2. The average Bonchev–Trinajstić information content (AvgIpc) is 2.49. The second-order valence-corrected chi connectivity index (χ2v) is 6.40. The number of hydrogen-bond acceptors (Lipinski definition) is 4. The van der Waals surface area contributed by atoms with Gasteiger partial charge in [0.25, 0.3) is 0 Å². The van der Waals surface area contributed by atoms with Crippen molar-refractivity contribution < 1.29 is 18.3 Å². The van der Waals surface area contributed by atoms with Crippen molar-refractivity contribution in [2.24, 2.45) is 5.14 Å². The van der Waals surface area contributed by atoms with Crippen LogP contribution in [0.25, 0.3) is 0 Å². The SMILES string of the molecule is CCOc1cc(CO)cc(S(N)(=O)=O)c1Cc1ccccc1. The Hall–Kier alpha value is -1.89. The van der Waals surface area contributed by atoms with Crippen LogP contribution in [0.4, 0.5) is 0 Å². The zero-order valence-electron chi connectivity index (χ0n) is 12.3. The topological polar surface area (TPSA) is 89.6 Å². The number of rotatable bonds is 6. The number of primary sulfonamides is 1. The van der Waals surface area contributed by atoms with Crippen LogP contribution in [0.15, 0.2) is 47.4 Å². The third kappa shape index (κ3) is 3.85. The summed E-state index contributed by atoms with van der Waals surface area (Å²) >= 11 is 0. The van der Waals surface area contributed by atoms with E-state index in [4.69, 9.17) is 9.88 Å². The van der Waals surface area contributed by atoms with Crippen LogP contribution in [0.5, 0.6) is 5.75 Å². The van der Waals surface area contributed by atoms with Crippen LogP contribution in [-0.4, -0.2) is 20.1 Å². The molecule has 2 aromatic rings. The van der Waals surface area contributed by atoms with Gasteiger partial charge in [-0.2, -0.15) is 0 Å². The van der Waals surface area contributed by atoms with Crippen molar-refractivity contribution in [1.29, 1.82) is 0 Å². The van der Waals surface area contributed by atoms with Crippen LogP contribution in [0, 0.1) is 0 Å². The van der Waals surface area contributed by atoms with Gasteiger partial charge in [0.2, 0.25) is 10.0 Å². The van der Waals surface area contributed by atoms with Crippen molar-refractivity contribution in [2.45, 2.75) is 24.8 Å². The van der Waals surface area contributed by atoms with Gasteiger partial charge in [-0.3, -0.25) is 0 Å². The number of aliphatic hydroxyl groups excluding tert-OH is 1. The minimum absolute atomic E-state index is 0.00801. The fourth-order valence-corrected chi connectivity index (χ4v) is 3.11. The monoisotopic (exact) mass is 321 g/mol. The van der Waals surface area contributed by atoms with Crippen LogP contribution in [0.2, 0.25) is 0 Å². The van der Waals surface area contributed by atoms with Gasteiger partial charge in [0.05, 0.1) is 18.1 Å². The molecule has 2 rings (SSSR count). The molecule has 5 nitrogen and oxygen atoms in total. The summed E-state index contributed by atoms with van der Waals surface area (Å²) in [6.07, 6.45) is 0.383. The molecule has 118 valence electrons. The van der Waals surface area contributed by atoms with Gasteiger partial charge >= 0.3 is 0 Å². The largest absolute Gasteiger partial charge is 0.494 e. The van der Waals surface area contributed by atoms with Crippen molar-refractivity contribution in [2.75, 3.05) is 6.61 Å². The van der Waals surface area contributed by atoms with Crippen LogP contribution < -0.4 is 9.88 Å². The minimum atomic E-state index is -3.92. The molecule has 0 atom stereocenters. The summed E-state index contributed by atoms with van der Waals surface area (Å²) in [6.45, 7) is 1.92. The molecule has 0 saturated heterocycles. The van der Waals surface area contributed by atoms with Crippen LogP contribution in [0.3, 0.4) is 0 Å². The third-order valence-corrected chi connectivity index (χ3v) is 4.22. The van der Waals surface area contributed by atoms with E-state index < -0.39 is 10.0 Å². The van der Waals surface area contributed by atoms with E-state index in [0.29, 0.717) is 29.9 Å². The minimum Gasteiger partial charge on any atom is -0.494 e. The average molecular weight is 321 g/mol. The summed E-state index contributed by atoms with van der Waals surface area (Å²) < 4.78 is 29.4. The molecule has 0 saturated carbocycles. The lowest BCUT2D eigenvalue weighted by Gasteiger charge is -2.16. The summed E-state index contributed by atoms with van der Waals surface area (Å²) in [5.41, 5.74) is 1.90. The number of hydrogen-bond donors (Lipinski definition) is 2. The predicted molar refractivity (Wildman–Crippen MR) is 84.2 cm³/mol. The van der Waals surface area contributed by atoms with Crippen molar-refractivity contribution in [3.63, 3.8) is 0 Å². The molecule has 2 aromatic carbocycles. The highest BCUT2D eigenvalue weighted by Crippen LogP contribution is 2.30. The van der Waals surface area contributed by atoms with E-state index >= 15 is 0 Å². The lowest BCUT2D eigenvalue weighted by molar-refractivity contribution is 0.279. The molecule has 22 heavy (non-hydrogen) atoms. The lowest BCUT2D eigenvalue weighted by atomic mass is 10.0. The molecule has 0 bridgehead atoms. The molecule has 0 amide bonds. The van der Waals surface area contributed by atoms with Gasteiger partial charge in [-0.1, -0.05) is 30.3 Å². The van der Waals surface area contributed by atoms with Crippen molar-refractivity contribution >= 4 is 10.0 Å². The summed E-state index contributed by atoms with van der Waals surface area (Å²) in [6, 6.07) is 12.5. The number of ether oxygens (including phenoxy) is 1. The smallest absolute Gasteiger partial charge is 0.238 e. The molecule has 3 N–H and O–H groups in total. The van der Waals surface area contributed by atoms with E-state index in [1.54, 1.807) is 6.07 Å². The molecule has 0 unspecified atom stereocenters. The van der Waals surface area contributed by atoms with E-state index in [2.05, 4.69) is 0 Å². The van der Waals surface area contributed by atoms with Gasteiger partial charge in [-0.25, -0.2) is 13.6 Å². The molecule has 0 aliphatic rings. The standard InChI is InChI=1S/C16H19NO4S/c1-2-21-15-9-13(11-18)10-16(22(17,19)20)14(15)8-12-6-4-3-5-7-12/h3-7,9-10,18H,2,8,11H2,1H3,(H2,17,19,20). The molecule has 0 aromatic heterocycles. The molecule has 0 spiro atoms. The normalized spacial score (nSPS) is 11.4. The van der Waals surface area contributed by atoms with Gasteiger partial charge in [0.1, 0.15) is 5.75 Å². The van der Waals surface area contributed by atoms with E-state index in [1.165, 1.54) is 6.07 Å². The summed E-state index contributed by atoms with van der Waals surface area (Å²) in [5, 5.41) is 14.6. The van der Waals surface area contributed by atoms with Gasteiger partial charge in [-0.05, 0) is 30.2 Å². The Balaban J connectivity index is 2.61. The molecular weight excluding hydrogens is 302 g/mol. The second-order valence-electron chi connectivity index (χ2n) is 4.87. The molecular formula is C16H19NO4S. The number of sulfonamides is 1. The molecule has 0 aliphatic heterocycles. The Morgan fingerprint density at radius 3 is 2.36 bits per heavy atom. The quantitative estimate of drug-likeness (QED) is 0.849. The number of aliphatic hydroxyl groups is 1. The molecule has 0 aliphatic carbocycles. The maximum Gasteiger partial charge on any atom is 0.238 e. The van der Waals surface area contributed by atoms with E-state index in [9.17, 15) is 13.5 Å². The predicted octanol–water partition coefficient (Wildman–Crippen LogP) is 1.82. The van der Waals surface area contributed by atoms with Crippen molar-refractivity contribution in [3.05, 3.63) is 59.2 Å². The highest BCUT2D eigenvalue weighted by Gasteiger charge is 2.20. The summed E-state index contributed by atoms with van der Waals surface area (Å²) in [4.78, 5) is -0.00801. The van der Waals surface area contributed by atoms with Gasteiger partial charge in [0.15, 0.2) is 0 Å². The molecule has 0 radical (unpaired) electrons. The Morgan fingerprint density at radius 1 is 1.14 bits per heavy atom. The van der Waals surface area contributed by atoms with E-state index in [0.717, 1.165) is 5.56 Å². The Bertz CT molecular complexity index is 742.